The summed E-state index contributed by atoms with van der Waals surface area (Å²) in [5.74, 6) is -1.91. The third-order valence-corrected chi connectivity index (χ3v) is 5.72. The highest BCUT2D eigenvalue weighted by Crippen LogP contribution is 2.18. The molecule has 0 bridgehead atoms. The van der Waals surface area contributed by atoms with Crippen molar-refractivity contribution in [3.05, 3.63) is 35.4 Å². The van der Waals surface area contributed by atoms with Gasteiger partial charge in [-0.25, -0.2) is 13.2 Å². The van der Waals surface area contributed by atoms with E-state index < -0.39 is 39.3 Å². The van der Waals surface area contributed by atoms with Crippen LogP contribution in [0.2, 0.25) is 0 Å². The minimum absolute atomic E-state index is 0.0160. The molecule has 28 heavy (non-hydrogen) atoms. The van der Waals surface area contributed by atoms with Gasteiger partial charge < -0.3 is 10.1 Å². The summed E-state index contributed by atoms with van der Waals surface area (Å²) in [6, 6.07) is 6.43. The van der Waals surface area contributed by atoms with Gasteiger partial charge in [0.05, 0.1) is 17.4 Å². The Hall–Kier alpha value is -2.62. The number of hydrogen-bond acceptors (Lipinski definition) is 6. The number of hydrazine groups is 1. The SMILES string of the molecule is CC(C)(C)OC(=O)NCc1ccc(C(=O)NNC(=O)[C@H]2CCS(=O)(=O)C2)cc1. The highest BCUT2D eigenvalue weighted by molar-refractivity contribution is 7.91. The summed E-state index contributed by atoms with van der Waals surface area (Å²) in [6.45, 7) is 5.54. The van der Waals surface area contributed by atoms with Crippen LogP contribution in [-0.2, 0) is 25.9 Å². The smallest absolute Gasteiger partial charge is 0.407 e. The molecule has 1 aromatic carbocycles. The number of rotatable bonds is 4. The summed E-state index contributed by atoms with van der Waals surface area (Å²) in [7, 11) is -3.17. The number of benzene rings is 1. The molecule has 0 saturated carbocycles. The van der Waals surface area contributed by atoms with Crippen molar-refractivity contribution in [3.63, 3.8) is 0 Å². The van der Waals surface area contributed by atoms with E-state index in [1.165, 1.54) is 0 Å². The van der Waals surface area contributed by atoms with Gasteiger partial charge in [0, 0.05) is 12.1 Å². The molecular weight excluding hydrogens is 386 g/mol. The number of nitrogens with one attached hydrogen (secondary N) is 3. The Bertz CT molecular complexity index is 843. The van der Waals surface area contributed by atoms with Crippen molar-refractivity contribution in [2.45, 2.75) is 39.3 Å². The van der Waals surface area contributed by atoms with Crippen LogP contribution in [0.25, 0.3) is 0 Å². The quantitative estimate of drug-likeness (QED) is 0.631. The van der Waals surface area contributed by atoms with E-state index in [0.29, 0.717) is 5.56 Å². The minimum atomic E-state index is -3.17. The van der Waals surface area contributed by atoms with Crippen LogP contribution in [0.15, 0.2) is 24.3 Å². The molecule has 1 aromatic rings. The van der Waals surface area contributed by atoms with E-state index in [9.17, 15) is 22.8 Å². The third kappa shape index (κ3) is 6.84. The van der Waals surface area contributed by atoms with Crippen molar-refractivity contribution in [1.82, 2.24) is 16.2 Å². The van der Waals surface area contributed by atoms with Crippen LogP contribution in [0.3, 0.4) is 0 Å². The van der Waals surface area contributed by atoms with Crippen molar-refractivity contribution < 1.29 is 27.5 Å². The first-order valence-electron chi connectivity index (χ1n) is 8.81. The van der Waals surface area contributed by atoms with Crippen molar-refractivity contribution in [2.24, 2.45) is 5.92 Å². The number of alkyl carbamates (subject to hydrolysis) is 1. The highest BCUT2D eigenvalue weighted by Gasteiger charge is 2.33. The van der Waals surface area contributed by atoms with Crippen LogP contribution >= 0.6 is 0 Å². The average Bonchev–Trinajstić information content (AvgIpc) is 2.96. The average molecular weight is 411 g/mol. The lowest BCUT2D eigenvalue weighted by molar-refractivity contribution is -0.125. The van der Waals surface area contributed by atoms with Crippen LogP contribution in [0.1, 0.15) is 43.1 Å². The maximum Gasteiger partial charge on any atom is 0.407 e. The summed E-state index contributed by atoms with van der Waals surface area (Å²) in [4.78, 5) is 35.7. The van der Waals surface area contributed by atoms with Gasteiger partial charge in [0.15, 0.2) is 9.84 Å². The third-order valence-electron chi connectivity index (χ3n) is 3.95. The zero-order valence-electron chi connectivity index (χ0n) is 16.1. The Morgan fingerprint density at radius 2 is 1.75 bits per heavy atom. The Morgan fingerprint density at radius 3 is 2.29 bits per heavy atom. The highest BCUT2D eigenvalue weighted by atomic mass is 32.2. The van der Waals surface area contributed by atoms with Crippen molar-refractivity contribution in [3.8, 4) is 0 Å². The second-order valence-electron chi connectivity index (χ2n) is 7.60. The summed E-state index contributed by atoms with van der Waals surface area (Å²) in [5.41, 5.74) is 5.02. The molecule has 0 aliphatic carbocycles. The molecule has 9 nitrogen and oxygen atoms in total. The van der Waals surface area contributed by atoms with Crippen molar-refractivity contribution in [2.75, 3.05) is 11.5 Å². The number of carbonyl (C=O) groups is 3. The lowest BCUT2D eigenvalue weighted by Crippen LogP contribution is -2.44. The molecule has 3 amide bonds. The fourth-order valence-electron chi connectivity index (χ4n) is 2.56. The maximum atomic E-state index is 12.1. The minimum Gasteiger partial charge on any atom is -0.444 e. The van der Waals surface area contributed by atoms with Gasteiger partial charge in [0.1, 0.15) is 5.60 Å². The van der Waals surface area contributed by atoms with Gasteiger partial charge in [0.2, 0.25) is 5.91 Å². The number of ether oxygens (including phenoxy) is 1. The van der Waals surface area contributed by atoms with Crippen molar-refractivity contribution in [1.29, 1.82) is 0 Å². The molecule has 0 unspecified atom stereocenters. The van der Waals surface area contributed by atoms with Gasteiger partial charge >= 0.3 is 6.09 Å². The number of hydrogen-bond donors (Lipinski definition) is 3. The molecule has 1 aliphatic heterocycles. The van der Waals surface area contributed by atoms with E-state index in [4.69, 9.17) is 4.74 Å². The molecule has 0 spiro atoms. The Labute approximate surface area is 164 Å². The van der Waals surface area contributed by atoms with E-state index in [2.05, 4.69) is 16.2 Å². The Kier molecular flexibility index (Phi) is 6.65. The van der Waals surface area contributed by atoms with E-state index in [1.807, 2.05) is 0 Å². The van der Waals surface area contributed by atoms with E-state index in [-0.39, 0.29) is 24.5 Å². The molecule has 1 saturated heterocycles. The van der Waals surface area contributed by atoms with Gasteiger partial charge in [-0.15, -0.1) is 0 Å². The first-order valence-corrected chi connectivity index (χ1v) is 10.6. The second-order valence-corrected chi connectivity index (χ2v) is 9.82. The summed E-state index contributed by atoms with van der Waals surface area (Å²) in [6.07, 6.45) is -0.283. The zero-order valence-corrected chi connectivity index (χ0v) is 16.9. The predicted octanol–water partition coefficient (Wildman–Crippen LogP) is 0.907. The normalized spacial score (nSPS) is 18.2. The lowest BCUT2D eigenvalue weighted by Gasteiger charge is -2.19. The van der Waals surface area contributed by atoms with Gasteiger partial charge in [-0.05, 0) is 44.9 Å². The molecule has 1 heterocycles. The van der Waals surface area contributed by atoms with Gasteiger partial charge in [0.25, 0.3) is 5.91 Å². The van der Waals surface area contributed by atoms with Gasteiger partial charge in [-0.2, -0.15) is 0 Å². The molecule has 1 fully saturated rings. The standard InChI is InChI=1S/C18H25N3O6S/c1-18(2,3)27-17(24)19-10-12-4-6-13(7-5-12)15(22)20-21-16(23)14-8-9-28(25,26)11-14/h4-7,14H,8-11H2,1-3H3,(H,19,24)(H,20,22)(H,21,23)/t14-/m0/s1. The monoisotopic (exact) mass is 411 g/mol. The number of carbonyl (C=O) groups excluding carboxylic acids is 3. The van der Waals surface area contributed by atoms with Crippen molar-refractivity contribution >= 4 is 27.7 Å². The molecule has 0 aromatic heterocycles. The Morgan fingerprint density at radius 1 is 1.11 bits per heavy atom. The fraction of sp³-hybridized carbons (Fsp3) is 0.500. The molecule has 1 aliphatic rings. The second kappa shape index (κ2) is 8.59. The first kappa shape index (κ1) is 21.7. The summed E-state index contributed by atoms with van der Waals surface area (Å²) < 4.78 is 27.9. The topological polar surface area (TPSA) is 131 Å². The van der Waals surface area contributed by atoms with Gasteiger partial charge in [-0.3, -0.25) is 20.4 Å². The Balaban J connectivity index is 1.80. The fourth-order valence-corrected chi connectivity index (χ4v) is 4.30. The molecule has 1 atom stereocenters. The summed E-state index contributed by atoms with van der Waals surface area (Å²) in [5, 5.41) is 2.61. The van der Waals surface area contributed by atoms with Gasteiger partial charge in [-0.1, -0.05) is 12.1 Å². The molecule has 3 N–H and O–H groups in total. The van der Waals surface area contributed by atoms with E-state index in [0.717, 1.165) is 5.56 Å². The molecule has 2 rings (SSSR count). The van der Waals surface area contributed by atoms with E-state index in [1.54, 1.807) is 45.0 Å². The molecular formula is C18H25N3O6S. The predicted molar refractivity (Wildman–Crippen MR) is 102 cm³/mol. The first-order chi connectivity index (χ1) is 13.0. The van der Waals surface area contributed by atoms with Crippen LogP contribution in [0, 0.1) is 5.92 Å². The summed E-state index contributed by atoms with van der Waals surface area (Å²) >= 11 is 0. The lowest BCUT2D eigenvalue weighted by atomic mass is 10.1. The van der Waals surface area contributed by atoms with E-state index >= 15 is 0 Å². The zero-order chi connectivity index (χ0) is 20.9. The molecule has 0 radical (unpaired) electrons. The number of sulfone groups is 1. The van der Waals surface area contributed by atoms with Crippen LogP contribution in [0.4, 0.5) is 4.79 Å². The largest absolute Gasteiger partial charge is 0.444 e. The van der Waals surface area contributed by atoms with Crippen LogP contribution in [0.5, 0.6) is 0 Å². The number of amides is 3. The molecule has 154 valence electrons. The van der Waals surface area contributed by atoms with Crippen LogP contribution in [-0.4, -0.2) is 43.4 Å². The van der Waals surface area contributed by atoms with Crippen LogP contribution < -0.4 is 16.2 Å². The maximum absolute atomic E-state index is 12.1. The molecule has 10 heteroatoms.